The molecule has 0 aliphatic rings. The topological polar surface area (TPSA) is 38.3 Å². The molecule has 92 valence electrons. The monoisotopic (exact) mass is 233 g/mol. The Morgan fingerprint density at radius 1 is 1.24 bits per heavy atom. The number of methoxy groups -OCH3 is 1. The molecule has 0 aliphatic carbocycles. The first kappa shape index (κ1) is 13.3. The van der Waals surface area contributed by atoms with Gasteiger partial charge in [0.05, 0.1) is 7.11 Å². The molecule has 1 N–H and O–H groups in total. The van der Waals surface area contributed by atoms with Crippen molar-refractivity contribution in [2.24, 2.45) is 0 Å². The van der Waals surface area contributed by atoms with Crippen LogP contribution in [0.25, 0.3) is 6.08 Å². The van der Waals surface area contributed by atoms with E-state index in [2.05, 4.69) is 5.32 Å². The minimum atomic E-state index is -0.207. The van der Waals surface area contributed by atoms with Gasteiger partial charge in [-0.05, 0) is 44.5 Å². The fourth-order valence-electron chi connectivity index (χ4n) is 1.30. The van der Waals surface area contributed by atoms with Gasteiger partial charge in [0.2, 0.25) is 5.91 Å². The molecule has 0 fully saturated rings. The third-order valence-electron chi connectivity index (χ3n) is 2.04. The first-order valence-corrected chi connectivity index (χ1v) is 5.55. The highest BCUT2D eigenvalue weighted by Crippen LogP contribution is 2.12. The van der Waals surface area contributed by atoms with Gasteiger partial charge in [-0.25, -0.2) is 0 Å². The zero-order valence-corrected chi connectivity index (χ0v) is 10.8. The predicted octanol–water partition coefficient (Wildman–Crippen LogP) is 2.62. The van der Waals surface area contributed by atoms with Gasteiger partial charge < -0.3 is 10.1 Å². The van der Waals surface area contributed by atoms with E-state index in [0.29, 0.717) is 0 Å². The lowest BCUT2D eigenvalue weighted by Crippen LogP contribution is -2.39. The number of hydrogen-bond donors (Lipinski definition) is 1. The highest BCUT2D eigenvalue weighted by molar-refractivity contribution is 5.92. The molecule has 1 aromatic rings. The SMILES string of the molecule is COc1ccc(/C=C/C(=O)NC(C)(C)C)cc1. The highest BCUT2D eigenvalue weighted by Gasteiger charge is 2.10. The van der Waals surface area contributed by atoms with E-state index in [1.807, 2.05) is 45.0 Å². The molecule has 3 heteroatoms. The van der Waals surface area contributed by atoms with Crippen molar-refractivity contribution >= 4 is 12.0 Å². The lowest BCUT2D eigenvalue weighted by atomic mass is 10.1. The van der Waals surface area contributed by atoms with Crippen molar-refractivity contribution in [1.29, 1.82) is 0 Å². The second-order valence-corrected chi connectivity index (χ2v) is 4.85. The van der Waals surface area contributed by atoms with E-state index < -0.39 is 0 Å². The number of ether oxygens (including phenoxy) is 1. The second kappa shape index (κ2) is 5.53. The van der Waals surface area contributed by atoms with Crippen molar-refractivity contribution in [2.75, 3.05) is 7.11 Å². The molecule has 0 unspecified atom stereocenters. The minimum absolute atomic E-state index is 0.0895. The van der Waals surface area contributed by atoms with Crippen LogP contribution in [-0.2, 0) is 4.79 Å². The van der Waals surface area contributed by atoms with Crippen LogP contribution in [-0.4, -0.2) is 18.6 Å². The van der Waals surface area contributed by atoms with E-state index >= 15 is 0 Å². The Bertz CT molecular complexity index is 399. The molecule has 0 aliphatic heterocycles. The molecule has 1 rings (SSSR count). The standard InChI is InChI=1S/C14H19NO2/c1-14(2,3)15-13(16)10-7-11-5-8-12(17-4)9-6-11/h5-10H,1-4H3,(H,15,16)/b10-7+. The van der Waals surface area contributed by atoms with E-state index in [1.54, 1.807) is 13.2 Å². The quantitative estimate of drug-likeness (QED) is 0.815. The molecule has 0 saturated carbocycles. The molecule has 17 heavy (non-hydrogen) atoms. The van der Waals surface area contributed by atoms with E-state index in [-0.39, 0.29) is 11.4 Å². The van der Waals surface area contributed by atoms with Crippen LogP contribution in [0.2, 0.25) is 0 Å². The Kier molecular flexibility index (Phi) is 4.32. The fourth-order valence-corrected chi connectivity index (χ4v) is 1.30. The lowest BCUT2D eigenvalue weighted by molar-refractivity contribution is -0.117. The molecule has 3 nitrogen and oxygen atoms in total. The normalized spacial score (nSPS) is 11.5. The number of carbonyl (C=O) groups excluding carboxylic acids is 1. The molecule has 0 atom stereocenters. The molecule has 0 radical (unpaired) electrons. The van der Waals surface area contributed by atoms with Gasteiger partial charge >= 0.3 is 0 Å². The van der Waals surface area contributed by atoms with Gasteiger partial charge in [0, 0.05) is 11.6 Å². The number of nitrogens with one attached hydrogen (secondary N) is 1. The summed E-state index contributed by atoms with van der Waals surface area (Å²) in [6.07, 6.45) is 3.31. The zero-order chi connectivity index (χ0) is 12.9. The maximum atomic E-state index is 11.5. The molecule has 0 saturated heterocycles. The number of rotatable bonds is 3. The van der Waals surface area contributed by atoms with Crippen molar-refractivity contribution in [2.45, 2.75) is 26.3 Å². The molecule has 0 aromatic heterocycles. The first-order valence-electron chi connectivity index (χ1n) is 5.55. The second-order valence-electron chi connectivity index (χ2n) is 4.85. The van der Waals surface area contributed by atoms with Crippen LogP contribution in [0.1, 0.15) is 26.3 Å². The maximum absolute atomic E-state index is 11.5. The first-order chi connectivity index (χ1) is 7.90. The van der Waals surface area contributed by atoms with Crippen LogP contribution >= 0.6 is 0 Å². The van der Waals surface area contributed by atoms with Crippen LogP contribution in [0.4, 0.5) is 0 Å². The Balaban J connectivity index is 2.61. The Labute approximate surface area is 102 Å². The van der Waals surface area contributed by atoms with Crippen molar-refractivity contribution in [1.82, 2.24) is 5.32 Å². The number of amides is 1. The van der Waals surface area contributed by atoms with Crippen molar-refractivity contribution < 1.29 is 9.53 Å². The van der Waals surface area contributed by atoms with E-state index in [4.69, 9.17) is 4.74 Å². The maximum Gasteiger partial charge on any atom is 0.244 e. The summed E-state index contributed by atoms with van der Waals surface area (Å²) in [5.41, 5.74) is 0.760. The van der Waals surface area contributed by atoms with Crippen LogP contribution in [0.5, 0.6) is 5.75 Å². The number of carbonyl (C=O) groups is 1. The minimum Gasteiger partial charge on any atom is -0.497 e. The Morgan fingerprint density at radius 2 is 1.82 bits per heavy atom. The van der Waals surface area contributed by atoms with Gasteiger partial charge in [-0.1, -0.05) is 12.1 Å². The van der Waals surface area contributed by atoms with Crippen LogP contribution in [0.15, 0.2) is 30.3 Å². The van der Waals surface area contributed by atoms with Gasteiger partial charge in [-0.3, -0.25) is 4.79 Å². The largest absolute Gasteiger partial charge is 0.497 e. The van der Waals surface area contributed by atoms with Crippen molar-refractivity contribution in [3.63, 3.8) is 0 Å². The van der Waals surface area contributed by atoms with Gasteiger partial charge in [-0.15, -0.1) is 0 Å². The summed E-state index contributed by atoms with van der Waals surface area (Å²) in [5.74, 6) is 0.717. The average molecular weight is 233 g/mol. The summed E-state index contributed by atoms with van der Waals surface area (Å²) in [4.78, 5) is 11.5. The van der Waals surface area contributed by atoms with Crippen LogP contribution in [0, 0.1) is 0 Å². The summed E-state index contributed by atoms with van der Waals surface area (Å²) >= 11 is 0. The number of benzene rings is 1. The third-order valence-corrected chi connectivity index (χ3v) is 2.04. The van der Waals surface area contributed by atoms with Gasteiger partial charge in [0.25, 0.3) is 0 Å². The summed E-state index contributed by atoms with van der Waals surface area (Å²) in [6.45, 7) is 5.85. The Morgan fingerprint density at radius 3 is 2.29 bits per heavy atom. The van der Waals surface area contributed by atoms with Crippen LogP contribution < -0.4 is 10.1 Å². The van der Waals surface area contributed by atoms with Gasteiger partial charge in [-0.2, -0.15) is 0 Å². The van der Waals surface area contributed by atoms with Gasteiger partial charge in [0.1, 0.15) is 5.75 Å². The summed E-state index contributed by atoms with van der Waals surface area (Å²) < 4.78 is 5.06. The molecule has 1 amide bonds. The lowest BCUT2D eigenvalue weighted by Gasteiger charge is -2.18. The van der Waals surface area contributed by atoms with Crippen LogP contribution in [0.3, 0.4) is 0 Å². The third kappa shape index (κ3) is 5.20. The summed E-state index contributed by atoms with van der Waals surface area (Å²) in [7, 11) is 1.63. The Hall–Kier alpha value is -1.77. The van der Waals surface area contributed by atoms with E-state index in [1.165, 1.54) is 6.08 Å². The van der Waals surface area contributed by atoms with Crippen molar-refractivity contribution in [3.8, 4) is 5.75 Å². The molecular formula is C14H19NO2. The van der Waals surface area contributed by atoms with E-state index in [9.17, 15) is 4.79 Å². The molecular weight excluding hydrogens is 214 g/mol. The molecule has 0 heterocycles. The molecule has 1 aromatic carbocycles. The number of hydrogen-bond acceptors (Lipinski definition) is 2. The molecule has 0 spiro atoms. The molecule has 0 bridgehead atoms. The highest BCUT2D eigenvalue weighted by atomic mass is 16.5. The van der Waals surface area contributed by atoms with Gasteiger partial charge in [0.15, 0.2) is 0 Å². The zero-order valence-electron chi connectivity index (χ0n) is 10.8. The fraction of sp³-hybridized carbons (Fsp3) is 0.357. The average Bonchev–Trinajstić information content (AvgIpc) is 2.25. The summed E-state index contributed by atoms with van der Waals surface area (Å²) in [5, 5.41) is 2.86. The van der Waals surface area contributed by atoms with E-state index in [0.717, 1.165) is 11.3 Å². The summed E-state index contributed by atoms with van der Waals surface area (Å²) in [6, 6.07) is 7.53. The smallest absolute Gasteiger partial charge is 0.244 e. The van der Waals surface area contributed by atoms with Crippen molar-refractivity contribution in [3.05, 3.63) is 35.9 Å². The predicted molar refractivity (Wildman–Crippen MR) is 69.9 cm³/mol.